The van der Waals surface area contributed by atoms with Gasteiger partial charge in [-0.25, -0.2) is 4.98 Å². The molecule has 0 spiro atoms. The maximum atomic E-state index is 13.1. The second-order valence-corrected chi connectivity index (χ2v) is 9.68. The van der Waals surface area contributed by atoms with Crippen LogP contribution in [0.15, 0.2) is 55.6 Å². The van der Waals surface area contributed by atoms with Crippen LogP contribution < -0.4 is 15.0 Å². The van der Waals surface area contributed by atoms with Gasteiger partial charge in [-0.1, -0.05) is 23.0 Å². The Hall–Kier alpha value is -3.15. The van der Waals surface area contributed by atoms with Crippen molar-refractivity contribution in [2.45, 2.75) is 10.9 Å². The first-order valence-corrected chi connectivity index (χ1v) is 12.5. The average molecular weight is 499 g/mol. The summed E-state index contributed by atoms with van der Waals surface area (Å²) in [4.78, 5) is 24.1. The maximum Gasteiger partial charge on any atom is 0.263 e. The smallest absolute Gasteiger partial charge is 0.263 e. The first kappa shape index (κ1) is 21.7. The Labute approximate surface area is 200 Å². The van der Waals surface area contributed by atoms with Crippen molar-refractivity contribution in [3.05, 3.63) is 57.3 Å². The minimum Gasteiger partial charge on any atom is -0.497 e. The van der Waals surface area contributed by atoms with Crippen molar-refractivity contribution < 1.29 is 14.0 Å². The van der Waals surface area contributed by atoms with E-state index in [1.54, 1.807) is 43.2 Å². The fourth-order valence-corrected chi connectivity index (χ4v) is 5.94. The van der Waals surface area contributed by atoms with Gasteiger partial charge in [0.15, 0.2) is 5.16 Å². The van der Waals surface area contributed by atoms with Gasteiger partial charge in [-0.15, -0.1) is 22.7 Å². The molecule has 1 aromatic carbocycles. The molecule has 0 radical (unpaired) electrons. The molecule has 0 amide bonds. The minimum absolute atomic E-state index is 0.0682. The SMILES string of the molecule is COc1ccc(-c2noc(CSc3nc4scc(-c5cccs5)c4c(=O)n3C)n2)c(OC)c1. The van der Waals surface area contributed by atoms with Gasteiger partial charge in [0.25, 0.3) is 5.56 Å². The second kappa shape index (κ2) is 9.00. The lowest BCUT2D eigenvalue weighted by Gasteiger charge is -2.07. The van der Waals surface area contributed by atoms with Gasteiger partial charge in [-0.05, 0) is 23.6 Å². The molecule has 0 atom stereocenters. The van der Waals surface area contributed by atoms with E-state index >= 15 is 0 Å². The standard InChI is InChI=1S/C22H18N4O4S3/c1-26-21(27)18-14(16-5-4-8-31-16)10-32-20(18)24-22(26)33-11-17-23-19(25-30-17)13-7-6-12(28-2)9-15(13)29-3/h4-10H,11H2,1-3H3. The Kier molecular flexibility index (Phi) is 5.92. The molecule has 8 nitrogen and oxygen atoms in total. The van der Waals surface area contributed by atoms with Crippen molar-refractivity contribution >= 4 is 44.7 Å². The quantitative estimate of drug-likeness (QED) is 0.227. The first-order valence-electron chi connectivity index (χ1n) is 9.79. The summed E-state index contributed by atoms with van der Waals surface area (Å²) in [6.07, 6.45) is 0. The molecule has 11 heteroatoms. The molecule has 0 aliphatic carbocycles. The van der Waals surface area contributed by atoms with E-state index in [1.807, 2.05) is 35.0 Å². The molecule has 0 aliphatic rings. The third-order valence-corrected chi connectivity index (χ3v) is 7.79. The lowest BCUT2D eigenvalue weighted by molar-refractivity contribution is 0.388. The number of nitrogens with zero attached hydrogens (tertiary/aromatic N) is 4. The largest absolute Gasteiger partial charge is 0.497 e. The van der Waals surface area contributed by atoms with E-state index in [1.165, 1.54) is 23.1 Å². The van der Waals surface area contributed by atoms with Crippen molar-refractivity contribution in [3.63, 3.8) is 0 Å². The maximum absolute atomic E-state index is 13.1. The predicted molar refractivity (Wildman–Crippen MR) is 131 cm³/mol. The summed E-state index contributed by atoms with van der Waals surface area (Å²) in [6.45, 7) is 0. The Morgan fingerprint density at radius 3 is 2.76 bits per heavy atom. The molecular weight excluding hydrogens is 480 g/mol. The number of thiophene rings is 2. The second-order valence-electron chi connectivity index (χ2n) is 6.93. The van der Waals surface area contributed by atoms with Crippen LogP contribution >= 0.6 is 34.4 Å². The van der Waals surface area contributed by atoms with Crippen LogP contribution in [-0.4, -0.2) is 33.9 Å². The van der Waals surface area contributed by atoms with Crippen molar-refractivity contribution in [2.75, 3.05) is 14.2 Å². The molecule has 0 unspecified atom stereocenters. The predicted octanol–water partition coefficient (Wildman–Crippen LogP) is 5.08. The molecule has 0 aliphatic heterocycles. The van der Waals surface area contributed by atoms with Crippen LogP contribution in [0.25, 0.3) is 32.0 Å². The Balaban J connectivity index is 1.40. The first-order chi connectivity index (χ1) is 16.1. The Morgan fingerprint density at radius 2 is 2.00 bits per heavy atom. The highest BCUT2D eigenvalue weighted by molar-refractivity contribution is 7.98. The van der Waals surface area contributed by atoms with Crippen LogP contribution in [0.3, 0.4) is 0 Å². The average Bonchev–Trinajstić information content (AvgIpc) is 3.60. The van der Waals surface area contributed by atoms with Gasteiger partial charge < -0.3 is 14.0 Å². The fraction of sp³-hybridized carbons (Fsp3) is 0.182. The van der Waals surface area contributed by atoms with Crippen molar-refractivity contribution in [1.82, 2.24) is 19.7 Å². The Bertz CT molecular complexity index is 1490. The van der Waals surface area contributed by atoms with E-state index in [2.05, 4.69) is 10.1 Å². The molecule has 0 N–H and O–H groups in total. The van der Waals surface area contributed by atoms with E-state index in [4.69, 9.17) is 19.0 Å². The van der Waals surface area contributed by atoms with Gasteiger partial charge in [-0.3, -0.25) is 9.36 Å². The number of benzene rings is 1. The van der Waals surface area contributed by atoms with Crippen LogP contribution in [0, 0.1) is 0 Å². The number of ether oxygens (including phenoxy) is 2. The van der Waals surface area contributed by atoms with Gasteiger partial charge in [0.1, 0.15) is 16.3 Å². The van der Waals surface area contributed by atoms with Crippen LogP contribution in [0.5, 0.6) is 11.5 Å². The lowest BCUT2D eigenvalue weighted by Crippen LogP contribution is -2.19. The summed E-state index contributed by atoms with van der Waals surface area (Å²) >= 11 is 4.46. The van der Waals surface area contributed by atoms with E-state index in [9.17, 15) is 4.79 Å². The van der Waals surface area contributed by atoms with Crippen LogP contribution in [0.4, 0.5) is 0 Å². The zero-order valence-corrected chi connectivity index (χ0v) is 20.3. The normalized spacial score (nSPS) is 11.2. The summed E-state index contributed by atoms with van der Waals surface area (Å²) in [6, 6.07) is 9.38. The molecule has 4 heterocycles. The van der Waals surface area contributed by atoms with Gasteiger partial charge in [0.2, 0.25) is 11.7 Å². The van der Waals surface area contributed by atoms with Gasteiger partial charge >= 0.3 is 0 Å². The number of rotatable bonds is 7. The number of hydrogen-bond acceptors (Lipinski definition) is 10. The van der Waals surface area contributed by atoms with Crippen LogP contribution in [0.1, 0.15) is 5.89 Å². The number of fused-ring (bicyclic) bond motifs is 1. The number of methoxy groups -OCH3 is 2. The van der Waals surface area contributed by atoms with Crippen molar-refractivity contribution in [1.29, 1.82) is 0 Å². The zero-order chi connectivity index (χ0) is 22.9. The van der Waals surface area contributed by atoms with Crippen molar-refractivity contribution in [2.24, 2.45) is 7.05 Å². The summed E-state index contributed by atoms with van der Waals surface area (Å²) in [5.41, 5.74) is 1.57. The monoisotopic (exact) mass is 498 g/mol. The molecular formula is C22H18N4O4S3. The van der Waals surface area contributed by atoms with Crippen molar-refractivity contribution in [3.8, 4) is 33.3 Å². The van der Waals surface area contributed by atoms with Gasteiger partial charge in [0.05, 0.1) is 30.9 Å². The molecule has 168 valence electrons. The summed E-state index contributed by atoms with van der Waals surface area (Å²) < 4.78 is 17.7. The molecule has 0 saturated heterocycles. The number of hydrogen-bond donors (Lipinski definition) is 0. The van der Waals surface area contributed by atoms with E-state index in [0.717, 1.165) is 15.3 Å². The summed E-state index contributed by atoms with van der Waals surface area (Å²) in [7, 11) is 4.90. The van der Waals surface area contributed by atoms with Gasteiger partial charge in [-0.2, -0.15) is 4.98 Å². The fourth-order valence-electron chi connectivity index (χ4n) is 3.33. The van der Waals surface area contributed by atoms with Crippen LogP contribution in [-0.2, 0) is 12.8 Å². The molecule has 0 fully saturated rings. The molecule has 0 saturated carbocycles. The topological polar surface area (TPSA) is 92.3 Å². The molecule has 5 aromatic rings. The highest BCUT2D eigenvalue weighted by Gasteiger charge is 2.18. The molecule has 33 heavy (non-hydrogen) atoms. The van der Waals surface area contributed by atoms with E-state index in [0.29, 0.717) is 45.1 Å². The van der Waals surface area contributed by atoms with E-state index in [-0.39, 0.29) is 5.56 Å². The minimum atomic E-state index is -0.0682. The molecule has 4 aromatic heterocycles. The zero-order valence-electron chi connectivity index (χ0n) is 17.9. The summed E-state index contributed by atoms with van der Waals surface area (Å²) in [5, 5.41) is 9.32. The third kappa shape index (κ3) is 4.03. The highest BCUT2D eigenvalue weighted by atomic mass is 32.2. The number of aromatic nitrogens is 4. The summed E-state index contributed by atoms with van der Waals surface area (Å²) in [5.74, 6) is 2.48. The van der Waals surface area contributed by atoms with E-state index < -0.39 is 0 Å². The third-order valence-electron chi connectivity index (χ3n) is 5.00. The highest BCUT2D eigenvalue weighted by Crippen LogP contribution is 2.35. The van der Waals surface area contributed by atoms with Crippen LogP contribution in [0.2, 0.25) is 0 Å². The molecule has 5 rings (SSSR count). The Morgan fingerprint density at radius 1 is 1.12 bits per heavy atom. The van der Waals surface area contributed by atoms with Gasteiger partial charge in [0, 0.05) is 28.9 Å². The lowest BCUT2D eigenvalue weighted by atomic mass is 10.2. The number of thioether (sulfide) groups is 1. The molecule has 0 bridgehead atoms.